The number of benzene rings is 1. The van der Waals surface area contributed by atoms with Crippen LogP contribution in [0.1, 0.15) is 17.1 Å². The quantitative estimate of drug-likeness (QED) is 0.906. The van der Waals surface area contributed by atoms with E-state index in [4.69, 9.17) is 9.68 Å². The zero-order valence-corrected chi connectivity index (χ0v) is 9.63. The van der Waals surface area contributed by atoms with E-state index in [0.29, 0.717) is 5.76 Å². The molecule has 1 heterocycles. The van der Waals surface area contributed by atoms with Gasteiger partial charge in [0.15, 0.2) is 11.6 Å². The average molecular weight is 248 g/mol. The summed E-state index contributed by atoms with van der Waals surface area (Å²) < 4.78 is 32.2. The summed E-state index contributed by atoms with van der Waals surface area (Å²) in [7, 11) is 0. The topological polar surface area (TPSA) is 49.0 Å². The molecular weight excluding hydrogens is 238 g/mol. The van der Waals surface area contributed by atoms with E-state index in [-0.39, 0.29) is 17.8 Å². The molecule has 2 rings (SSSR count). The number of nitriles is 1. The molecule has 1 aromatic carbocycles. The molecular formula is C13H10F2N2O. The van der Waals surface area contributed by atoms with Gasteiger partial charge in [0, 0.05) is 0 Å². The third kappa shape index (κ3) is 2.33. The summed E-state index contributed by atoms with van der Waals surface area (Å²) in [5.74, 6) is -0.828. The third-order valence-electron chi connectivity index (χ3n) is 2.45. The number of hydrogen-bond acceptors (Lipinski definition) is 3. The molecule has 0 saturated carbocycles. The summed E-state index contributed by atoms with van der Waals surface area (Å²) in [5, 5.41) is 11.3. The van der Waals surface area contributed by atoms with Crippen LogP contribution < -0.4 is 5.32 Å². The minimum Gasteiger partial charge on any atom is -0.465 e. The Bertz CT molecular complexity index is 614. The van der Waals surface area contributed by atoms with E-state index in [1.165, 1.54) is 12.1 Å². The van der Waals surface area contributed by atoms with Crippen LogP contribution in [0.2, 0.25) is 0 Å². The average Bonchev–Trinajstić information content (AvgIpc) is 2.77. The van der Waals surface area contributed by atoms with Gasteiger partial charge in [-0.3, -0.25) is 0 Å². The Balaban J connectivity index is 2.15. The number of rotatable bonds is 3. The maximum Gasteiger partial charge on any atom is 0.183 e. The molecule has 0 fully saturated rings. The van der Waals surface area contributed by atoms with Crippen LogP contribution in [-0.2, 0) is 6.54 Å². The van der Waals surface area contributed by atoms with Crippen molar-refractivity contribution in [3.8, 4) is 6.07 Å². The zero-order chi connectivity index (χ0) is 13.1. The number of furan rings is 1. The van der Waals surface area contributed by atoms with Gasteiger partial charge >= 0.3 is 0 Å². The van der Waals surface area contributed by atoms with E-state index in [1.807, 2.05) is 0 Å². The van der Waals surface area contributed by atoms with E-state index in [2.05, 4.69) is 5.32 Å². The predicted octanol–water partition coefficient (Wildman–Crippen LogP) is 3.35. The summed E-state index contributed by atoms with van der Waals surface area (Å²) in [6.45, 7) is 2.04. The van der Waals surface area contributed by atoms with E-state index in [9.17, 15) is 8.78 Å². The molecule has 0 spiro atoms. The standard InChI is InChI=1S/C13H10F2N2O/c1-8-2-4-10(18-8)7-17-11-5-3-9(6-16)12(14)13(11)15/h2-5,17H,7H2,1H3. The van der Waals surface area contributed by atoms with Crippen molar-refractivity contribution in [2.75, 3.05) is 5.32 Å². The first kappa shape index (κ1) is 12.1. The van der Waals surface area contributed by atoms with Crippen molar-refractivity contribution in [2.45, 2.75) is 13.5 Å². The van der Waals surface area contributed by atoms with Gasteiger partial charge in [0.2, 0.25) is 0 Å². The fourth-order valence-corrected chi connectivity index (χ4v) is 1.53. The molecule has 18 heavy (non-hydrogen) atoms. The lowest BCUT2D eigenvalue weighted by molar-refractivity contribution is 0.487. The molecule has 0 saturated heterocycles. The molecule has 0 aliphatic rings. The second-order valence-corrected chi connectivity index (χ2v) is 3.77. The van der Waals surface area contributed by atoms with Crippen LogP contribution in [0.25, 0.3) is 0 Å². The second kappa shape index (κ2) is 4.88. The number of halogens is 2. The molecule has 0 bridgehead atoms. The molecule has 0 aliphatic carbocycles. The van der Waals surface area contributed by atoms with Gasteiger partial charge in [0.05, 0.1) is 17.8 Å². The fraction of sp³-hybridized carbons (Fsp3) is 0.154. The van der Waals surface area contributed by atoms with Crippen LogP contribution in [0.5, 0.6) is 0 Å². The molecule has 0 amide bonds. The van der Waals surface area contributed by atoms with Crippen LogP contribution in [0.4, 0.5) is 14.5 Å². The van der Waals surface area contributed by atoms with Crippen LogP contribution in [0.15, 0.2) is 28.7 Å². The van der Waals surface area contributed by atoms with Crippen molar-refractivity contribution in [2.24, 2.45) is 0 Å². The predicted molar refractivity (Wildman–Crippen MR) is 61.8 cm³/mol. The van der Waals surface area contributed by atoms with Gasteiger partial charge in [-0.15, -0.1) is 0 Å². The van der Waals surface area contributed by atoms with E-state index in [0.717, 1.165) is 5.76 Å². The summed E-state index contributed by atoms with van der Waals surface area (Å²) in [4.78, 5) is 0. The maximum absolute atomic E-state index is 13.5. The molecule has 0 radical (unpaired) electrons. The Hall–Kier alpha value is -2.35. The highest BCUT2D eigenvalue weighted by Gasteiger charge is 2.13. The van der Waals surface area contributed by atoms with Gasteiger partial charge in [-0.1, -0.05) is 0 Å². The highest BCUT2D eigenvalue weighted by atomic mass is 19.2. The number of nitrogens with one attached hydrogen (secondary N) is 1. The molecule has 0 aliphatic heterocycles. The maximum atomic E-state index is 13.5. The number of anilines is 1. The lowest BCUT2D eigenvalue weighted by Gasteiger charge is -2.07. The van der Waals surface area contributed by atoms with Gasteiger partial charge in [-0.2, -0.15) is 5.26 Å². The van der Waals surface area contributed by atoms with Crippen molar-refractivity contribution in [1.29, 1.82) is 5.26 Å². The van der Waals surface area contributed by atoms with E-state index in [1.54, 1.807) is 25.1 Å². The molecule has 3 nitrogen and oxygen atoms in total. The largest absolute Gasteiger partial charge is 0.465 e. The Morgan fingerprint density at radius 2 is 2.00 bits per heavy atom. The Kier molecular flexibility index (Phi) is 3.28. The summed E-state index contributed by atoms with van der Waals surface area (Å²) in [6, 6.07) is 7.67. The molecule has 0 unspecified atom stereocenters. The molecule has 92 valence electrons. The molecule has 1 aromatic heterocycles. The Morgan fingerprint density at radius 3 is 2.61 bits per heavy atom. The minimum absolute atomic E-state index is 0.000512. The normalized spacial score (nSPS) is 10.1. The first-order chi connectivity index (χ1) is 8.61. The highest BCUT2D eigenvalue weighted by molar-refractivity contribution is 5.49. The Labute approximate surface area is 103 Å². The van der Waals surface area contributed by atoms with Crippen LogP contribution >= 0.6 is 0 Å². The van der Waals surface area contributed by atoms with Gasteiger partial charge in [-0.05, 0) is 31.2 Å². The monoisotopic (exact) mass is 248 g/mol. The van der Waals surface area contributed by atoms with Gasteiger partial charge in [0.25, 0.3) is 0 Å². The first-order valence-corrected chi connectivity index (χ1v) is 5.29. The summed E-state index contributed by atoms with van der Waals surface area (Å²) >= 11 is 0. The first-order valence-electron chi connectivity index (χ1n) is 5.29. The summed E-state index contributed by atoms with van der Waals surface area (Å²) in [5.41, 5.74) is -0.313. The van der Waals surface area contributed by atoms with Crippen molar-refractivity contribution in [3.05, 3.63) is 53.0 Å². The summed E-state index contributed by atoms with van der Waals surface area (Å²) in [6.07, 6.45) is 0. The molecule has 2 aromatic rings. The van der Waals surface area contributed by atoms with Crippen molar-refractivity contribution >= 4 is 5.69 Å². The lowest BCUT2D eigenvalue weighted by atomic mass is 10.2. The van der Waals surface area contributed by atoms with Crippen molar-refractivity contribution in [1.82, 2.24) is 0 Å². The third-order valence-corrected chi connectivity index (χ3v) is 2.45. The molecule has 5 heteroatoms. The number of aryl methyl sites for hydroxylation is 1. The van der Waals surface area contributed by atoms with E-state index < -0.39 is 11.6 Å². The second-order valence-electron chi connectivity index (χ2n) is 3.77. The number of hydrogen-bond donors (Lipinski definition) is 1. The zero-order valence-electron chi connectivity index (χ0n) is 9.63. The minimum atomic E-state index is -1.14. The molecule has 1 N–H and O–H groups in total. The van der Waals surface area contributed by atoms with Gasteiger partial charge in [0.1, 0.15) is 17.6 Å². The highest BCUT2D eigenvalue weighted by Crippen LogP contribution is 2.21. The van der Waals surface area contributed by atoms with Gasteiger partial charge < -0.3 is 9.73 Å². The van der Waals surface area contributed by atoms with Crippen LogP contribution in [0, 0.1) is 29.9 Å². The lowest BCUT2D eigenvalue weighted by Crippen LogP contribution is -2.03. The SMILES string of the molecule is Cc1ccc(CNc2ccc(C#N)c(F)c2F)o1. The number of nitrogens with zero attached hydrogens (tertiary/aromatic N) is 1. The fourth-order valence-electron chi connectivity index (χ4n) is 1.53. The van der Waals surface area contributed by atoms with Crippen molar-refractivity contribution < 1.29 is 13.2 Å². The van der Waals surface area contributed by atoms with Crippen LogP contribution in [-0.4, -0.2) is 0 Å². The van der Waals surface area contributed by atoms with Crippen molar-refractivity contribution in [3.63, 3.8) is 0 Å². The molecule has 0 atom stereocenters. The van der Waals surface area contributed by atoms with E-state index >= 15 is 0 Å². The van der Waals surface area contributed by atoms with Crippen LogP contribution in [0.3, 0.4) is 0 Å². The van der Waals surface area contributed by atoms with Gasteiger partial charge in [-0.25, -0.2) is 8.78 Å². The Morgan fingerprint density at radius 1 is 1.22 bits per heavy atom. The smallest absolute Gasteiger partial charge is 0.183 e.